The van der Waals surface area contributed by atoms with E-state index in [1.807, 2.05) is 0 Å². The second-order valence-corrected chi connectivity index (χ2v) is 4.16. The van der Waals surface area contributed by atoms with Gasteiger partial charge in [-0.1, -0.05) is 6.92 Å². The Morgan fingerprint density at radius 1 is 1.50 bits per heavy atom. The highest BCUT2D eigenvalue weighted by atomic mass is 32.2. The number of nitrogens with one attached hydrogen (secondary N) is 1. The number of hydrogen-bond donors (Lipinski definition) is 3. The van der Waals surface area contributed by atoms with Crippen LogP contribution in [0.4, 0.5) is 0 Å². The van der Waals surface area contributed by atoms with Gasteiger partial charge in [-0.25, -0.2) is 0 Å². The molecule has 0 aromatic heterocycles. The van der Waals surface area contributed by atoms with Crippen LogP contribution in [0.1, 0.15) is 20.3 Å². The average molecular weight is 199 g/mol. The van der Waals surface area contributed by atoms with Gasteiger partial charge in [0.25, 0.3) is 10.1 Å². The monoisotopic (exact) mass is 199 g/mol. The zero-order valence-corrected chi connectivity index (χ0v) is 7.76. The molecule has 0 saturated heterocycles. The number of aliphatic hydroxyl groups is 2. The summed E-state index contributed by atoms with van der Waals surface area (Å²) in [7, 11) is -3.70. The molecule has 0 amide bonds. The third-order valence-corrected chi connectivity index (χ3v) is 2.06. The lowest BCUT2D eigenvalue weighted by atomic mass is 10.6. The van der Waals surface area contributed by atoms with Gasteiger partial charge in [0.2, 0.25) is 5.91 Å². The van der Waals surface area contributed by atoms with Gasteiger partial charge in [-0.3, -0.25) is 0 Å². The SMILES string of the molecule is CCCS(=O)(=O)ONC(C)(O)O. The lowest BCUT2D eigenvalue weighted by molar-refractivity contribution is -0.216. The van der Waals surface area contributed by atoms with Gasteiger partial charge in [0.1, 0.15) is 0 Å². The lowest BCUT2D eigenvalue weighted by Gasteiger charge is -2.16. The third-order valence-electron chi connectivity index (χ3n) is 0.816. The van der Waals surface area contributed by atoms with E-state index in [4.69, 9.17) is 10.2 Å². The first-order valence-corrected chi connectivity index (χ1v) is 4.97. The van der Waals surface area contributed by atoms with Crippen LogP contribution in [0.2, 0.25) is 0 Å². The highest BCUT2D eigenvalue weighted by molar-refractivity contribution is 7.86. The Morgan fingerprint density at radius 2 is 2.00 bits per heavy atom. The van der Waals surface area contributed by atoms with Gasteiger partial charge in [0.15, 0.2) is 0 Å². The molecular formula is C5H13NO5S. The van der Waals surface area contributed by atoms with Gasteiger partial charge in [0, 0.05) is 6.92 Å². The molecule has 74 valence electrons. The van der Waals surface area contributed by atoms with E-state index in [2.05, 4.69) is 4.28 Å². The zero-order chi connectivity index (χ0) is 9.83. The molecule has 3 N–H and O–H groups in total. The van der Waals surface area contributed by atoms with Crippen LogP contribution in [0.15, 0.2) is 0 Å². The fraction of sp³-hybridized carbons (Fsp3) is 1.00. The first-order chi connectivity index (χ1) is 5.27. The van der Waals surface area contributed by atoms with Crippen LogP contribution in [0.25, 0.3) is 0 Å². The molecule has 0 bridgehead atoms. The number of hydroxylamine groups is 1. The topological polar surface area (TPSA) is 95.9 Å². The summed E-state index contributed by atoms with van der Waals surface area (Å²) < 4.78 is 25.6. The van der Waals surface area contributed by atoms with Crippen molar-refractivity contribution in [1.29, 1.82) is 0 Å². The number of rotatable bonds is 5. The predicted molar refractivity (Wildman–Crippen MR) is 41.1 cm³/mol. The molecule has 0 heterocycles. The molecule has 0 aromatic carbocycles. The lowest BCUT2D eigenvalue weighted by Crippen LogP contribution is -2.43. The summed E-state index contributed by atoms with van der Waals surface area (Å²) in [4.78, 5) is 0. The average Bonchev–Trinajstić information content (AvgIpc) is 1.83. The second-order valence-electron chi connectivity index (χ2n) is 2.47. The first-order valence-electron chi connectivity index (χ1n) is 3.40. The largest absolute Gasteiger partial charge is 0.352 e. The minimum atomic E-state index is -3.70. The minimum absolute atomic E-state index is 0.171. The fourth-order valence-corrected chi connectivity index (χ4v) is 1.30. The Labute approximate surface area is 71.2 Å². The highest BCUT2D eigenvalue weighted by Crippen LogP contribution is 1.97. The summed E-state index contributed by atoms with van der Waals surface area (Å²) in [5, 5.41) is 17.2. The van der Waals surface area contributed by atoms with Crippen molar-refractivity contribution in [3.8, 4) is 0 Å². The van der Waals surface area contributed by atoms with E-state index in [9.17, 15) is 8.42 Å². The van der Waals surface area contributed by atoms with Crippen molar-refractivity contribution in [2.75, 3.05) is 5.75 Å². The third kappa shape index (κ3) is 6.50. The van der Waals surface area contributed by atoms with E-state index in [1.165, 1.54) is 0 Å². The van der Waals surface area contributed by atoms with Crippen molar-refractivity contribution < 1.29 is 22.9 Å². The van der Waals surface area contributed by atoms with Crippen molar-refractivity contribution in [3.05, 3.63) is 0 Å². The predicted octanol–water partition coefficient (Wildman–Crippen LogP) is -1.09. The van der Waals surface area contributed by atoms with Crippen LogP contribution in [-0.4, -0.2) is 30.3 Å². The molecule has 0 atom stereocenters. The van der Waals surface area contributed by atoms with Crippen molar-refractivity contribution in [2.24, 2.45) is 0 Å². The van der Waals surface area contributed by atoms with Gasteiger partial charge < -0.3 is 10.2 Å². The van der Waals surface area contributed by atoms with E-state index >= 15 is 0 Å². The molecule has 12 heavy (non-hydrogen) atoms. The molecule has 0 fully saturated rings. The summed E-state index contributed by atoms with van der Waals surface area (Å²) in [6.45, 7) is 2.60. The Kier molecular flexibility index (Phi) is 4.08. The van der Waals surface area contributed by atoms with Gasteiger partial charge in [-0.2, -0.15) is 12.7 Å². The minimum Gasteiger partial charge on any atom is -0.352 e. The normalized spacial score (nSPS) is 13.3. The Balaban J connectivity index is 3.94. The maximum Gasteiger partial charge on any atom is 0.283 e. The van der Waals surface area contributed by atoms with Crippen LogP contribution in [0.5, 0.6) is 0 Å². The van der Waals surface area contributed by atoms with E-state index in [1.54, 1.807) is 12.4 Å². The van der Waals surface area contributed by atoms with E-state index in [-0.39, 0.29) is 5.75 Å². The molecule has 0 unspecified atom stereocenters. The van der Waals surface area contributed by atoms with Crippen molar-refractivity contribution in [2.45, 2.75) is 26.2 Å². The van der Waals surface area contributed by atoms with Gasteiger partial charge in [-0.05, 0) is 6.42 Å². The molecule has 0 spiro atoms. The van der Waals surface area contributed by atoms with Gasteiger partial charge in [-0.15, -0.1) is 5.48 Å². The van der Waals surface area contributed by atoms with Gasteiger partial charge >= 0.3 is 0 Å². The summed E-state index contributed by atoms with van der Waals surface area (Å²) in [5.74, 6) is -2.52. The Bertz CT molecular complexity index is 216. The molecule has 0 aliphatic heterocycles. The quantitative estimate of drug-likeness (QED) is 0.384. The van der Waals surface area contributed by atoms with Crippen molar-refractivity contribution >= 4 is 10.1 Å². The number of hydrogen-bond acceptors (Lipinski definition) is 6. The summed E-state index contributed by atoms with van der Waals surface area (Å²) in [5.41, 5.74) is 1.57. The Morgan fingerprint density at radius 3 is 2.33 bits per heavy atom. The smallest absolute Gasteiger partial charge is 0.283 e. The Hall–Kier alpha value is -0.210. The first kappa shape index (κ1) is 11.8. The van der Waals surface area contributed by atoms with Crippen molar-refractivity contribution in [3.63, 3.8) is 0 Å². The van der Waals surface area contributed by atoms with Crippen molar-refractivity contribution in [1.82, 2.24) is 5.48 Å². The highest BCUT2D eigenvalue weighted by Gasteiger charge is 2.19. The van der Waals surface area contributed by atoms with E-state index in [0.717, 1.165) is 6.92 Å². The van der Waals surface area contributed by atoms with Crippen LogP contribution in [0.3, 0.4) is 0 Å². The zero-order valence-electron chi connectivity index (χ0n) is 6.94. The van der Waals surface area contributed by atoms with Crippen LogP contribution < -0.4 is 5.48 Å². The van der Waals surface area contributed by atoms with Crippen LogP contribution >= 0.6 is 0 Å². The summed E-state index contributed by atoms with van der Waals surface area (Å²) in [6, 6.07) is 0. The fourth-order valence-electron chi connectivity index (χ4n) is 0.434. The van der Waals surface area contributed by atoms with Gasteiger partial charge in [0.05, 0.1) is 5.75 Å². The second kappa shape index (κ2) is 4.15. The maximum atomic E-state index is 10.8. The molecule has 0 radical (unpaired) electrons. The summed E-state index contributed by atoms with van der Waals surface area (Å²) in [6.07, 6.45) is 0.400. The van der Waals surface area contributed by atoms with Crippen LogP contribution in [-0.2, 0) is 14.4 Å². The maximum absolute atomic E-state index is 10.8. The molecule has 0 aliphatic rings. The molecule has 7 heteroatoms. The molecule has 0 aromatic rings. The summed E-state index contributed by atoms with van der Waals surface area (Å²) >= 11 is 0. The molecule has 0 rings (SSSR count). The molecule has 6 nitrogen and oxygen atoms in total. The molecule has 0 saturated carbocycles. The van der Waals surface area contributed by atoms with E-state index < -0.39 is 16.0 Å². The van der Waals surface area contributed by atoms with Crippen LogP contribution in [0, 0.1) is 0 Å². The molecular weight excluding hydrogens is 186 g/mol. The molecule has 0 aliphatic carbocycles. The standard InChI is InChI=1S/C5H13NO5S/c1-3-4-12(9,10)11-6-5(2,7)8/h6-8H,3-4H2,1-2H3. The van der Waals surface area contributed by atoms with E-state index in [0.29, 0.717) is 6.42 Å².